The van der Waals surface area contributed by atoms with Gasteiger partial charge in [-0.1, -0.05) is 30.3 Å². The Kier molecular flexibility index (Phi) is 4.15. The van der Waals surface area contributed by atoms with Crippen molar-refractivity contribution < 1.29 is 0 Å². The normalized spacial score (nSPS) is 18.5. The smallest absolute Gasteiger partial charge is 0.161 e. The molecular weight excluding hydrogens is 260 g/mol. The fourth-order valence-electron chi connectivity index (χ4n) is 2.65. The van der Waals surface area contributed by atoms with Crippen molar-refractivity contribution in [3.63, 3.8) is 0 Å². The van der Waals surface area contributed by atoms with Crippen molar-refractivity contribution in [2.24, 2.45) is 0 Å². The van der Waals surface area contributed by atoms with Gasteiger partial charge >= 0.3 is 0 Å². The van der Waals surface area contributed by atoms with Crippen LogP contribution >= 0.6 is 0 Å². The lowest BCUT2D eigenvalue weighted by Crippen LogP contribution is -2.38. The topological polar surface area (TPSA) is 49.8 Å². The van der Waals surface area contributed by atoms with E-state index in [9.17, 15) is 0 Å². The SMILES string of the molecule is Cc1nc(-c2ccccc2)nc(NC2CCCNC2)c1C. The summed E-state index contributed by atoms with van der Waals surface area (Å²) in [6.07, 6.45) is 2.41. The molecule has 0 aliphatic carbocycles. The first kappa shape index (κ1) is 14.0. The predicted octanol–water partition coefficient (Wildman–Crippen LogP) is 2.92. The summed E-state index contributed by atoms with van der Waals surface area (Å²) in [5, 5.41) is 7.02. The highest BCUT2D eigenvalue weighted by Gasteiger charge is 2.16. The molecule has 2 aromatic rings. The molecule has 4 heteroatoms. The number of anilines is 1. The van der Waals surface area contributed by atoms with E-state index in [1.807, 2.05) is 25.1 Å². The molecule has 4 nitrogen and oxygen atoms in total. The van der Waals surface area contributed by atoms with Gasteiger partial charge in [0.2, 0.25) is 0 Å². The summed E-state index contributed by atoms with van der Waals surface area (Å²) in [4.78, 5) is 9.38. The van der Waals surface area contributed by atoms with Crippen LogP contribution in [-0.2, 0) is 0 Å². The monoisotopic (exact) mass is 282 g/mol. The van der Waals surface area contributed by atoms with E-state index in [-0.39, 0.29) is 0 Å². The van der Waals surface area contributed by atoms with Crippen LogP contribution in [0.5, 0.6) is 0 Å². The number of nitrogens with one attached hydrogen (secondary N) is 2. The Morgan fingerprint density at radius 2 is 1.95 bits per heavy atom. The number of hydrogen-bond donors (Lipinski definition) is 2. The van der Waals surface area contributed by atoms with Gasteiger partial charge in [0, 0.05) is 29.4 Å². The lowest BCUT2D eigenvalue weighted by Gasteiger charge is -2.25. The van der Waals surface area contributed by atoms with Gasteiger partial charge < -0.3 is 10.6 Å². The van der Waals surface area contributed by atoms with E-state index >= 15 is 0 Å². The Morgan fingerprint density at radius 1 is 1.14 bits per heavy atom. The van der Waals surface area contributed by atoms with Gasteiger partial charge in [0.1, 0.15) is 5.82 Å². The van der Waals surface area contributed by atoms with E-state index in [0.717, 1.165) is 41.6 Å². The van der Waals surface area contributed by atoms with Crippen molar-refractivity contribution in [2.75, 3.05) is 18.4 Å². The van der Waals surface area contributed by atoms with Crippen LogP contribution in [0.1, 0.15) is 24.1 Å². The van der Waals surface area contributed by atoms with Crippen LogP contribution in [0.4, 0.5) is 5.82 Å². The zero-order valence-corrected chi connectivity index (χ0v) is 12.7. The fraction of sp³-hybridized carbons (Fsp3) is 0.412. The van der Waals surface area contributed by atoms with E-state index in [2.05, 4.69) is 34.7 Å². The highest BCUT2D eigenvalue weighted by Crippen LogP contribution is 2.22. The van der Waals surface area contributed by atoms with E-state index in [4.69, 9.17) is 4.98 Å². The van der Waals surface area contributed by atoms with Crippen molar-refractivity contribution >= 4 is 5.82 Å². The number of benzene rings is 1. The van der Waals surface area contributed by atoms with Crippen LogP contribution in [-0.4, -0.2) is 29.1 Å². The predicted molar refractivity (Wildman–Crippen MR) is 86.5 cm³/mol. The molecule has 110 valence electrons. The number of nitrogens with zero attached hydrogens (tertiary/aromatic N) is 2. The molecule has 0 bridgehead atoms. The number of aromatic nitrogens is 2. The van der Waals surface area contributed by atoms with E-state index in [1.54, 1.807) is 0 Å². The molecule has 3 rings (SSSR count). The molecular formula is C17H22N4. The molecule has 1 aromatic heterocycles. The van der Waals surface area contributed by atoms with Crippen LogP contribution in [0.3, 0.4) is 0 Å². The molecule has 1 aromatic carbocycles. The van der Waals surface area contributed by atoms with Crippen molar-refractivity contribution in [3.8, 4) is 11.4 Å². The van der Waals surface area contributed by atoms with Gasteiger partial charge in [-0.2, -0.15) is 0 Å². The molecule has 0 amide bonds. The average Bonchev–Trinajstić information content (AvgIpc) is 2.53. The lowest BCUT2D eigenvalue weighted by molar-refractivity contribution is 0.478. The highest BCUT2D eigenvalue weighted by atomic mass is 15.1. The molecule has 0 radical (unpaired) electrons. The van der Waals surface area contributed by atoms with Gasteiger partial charge in [0.15, 0.2) is 5.82 Å². The maximum atomic E-state index is 4.75. The zero-order chi connectivity index (χ0) is 14.7. The van der Waals surface area contributed by atoms with Crippen LogP contribution in [0, 0.1) is 13.8 Å². The van der Waals surface area contributed by atoms with Crippen molar-refractivity contribution in [3.05, 3.63) is 41.6 Å². The van der Waals surface area contributed by atoms with Crippen molar-refractivity contribution in [1.29, 1.82) is 0 Å². The fourth-order valence-corrected chi connectivity index (χ4v) is 2.65. The Labute approximate surface area is 126 Å². The van der Waals surface area contributed by atoms with Crippen LogP contribution in [0.25, 0.3) is 11.4 Å². The first-order valence-corrected chi connectivity index (χ1v) is 7.62. The first-order chi connectivity index (χ1) is 10.2. The molecule has 21 heavy (non-hydrogen) atoms. The molecule has 0 saturated carbocycles. The molecule has 2 heterocycles. The second kappa shape index (κ2) is 6.22. The second-order valence-electron chi connectivity index (χ2n) is 5.66. The Balaban J connectivity index is 1.90. The molecule has 1 aliphatic heterocycles. The zero-order valence-electron chi connectivity index (χ0n) is 12.7. The Morgan fingerprint density at radius 3 is 2.67 bits per heavy atom. The Bertz CT molecular complexity index is 604. The minimum Gasteiger partial charge on any atom is -0.366 e. The standard InChI is InChI=1S/C17H22N4/c1-12-13(2)19-17(14-7-4-3-5-8-14)21-16(12)20-15-9-6-10-18-11-15/h3-5,7-8,15,18H,6,9-11H2,1-2H3,(H,19,20,21). The largest absolute Gasteiger partial charge is 0.366 e. The van der Waals surface area contributed by atoms with E-state index in [1.165, 1.54) is 12.8 Å². The summed E-state index contributed by atoms with van der Waals surface area (Å²) in [6.45, 7) is 6.26. The third-order valence-corrected chi connectivity index (χ3v) is 4.06. The van der Waals surface area contributed by atoms with Gasteiger partial charge in [0.25, 0.3) is 0 Å². The third kappa shape index (κ3) is 3.22. The average molecular weight is 282 g/mol. The van der Waals surface area contributed by atoms with Gasteiger partial charge in [-0.15, -0.1) is 0 Å². The number of rotatable bonds is 3. The minimum absolute atomic E-state index is 0.454. The molecule has 1 atom stereocenters. The minimum atomic E-state index is 0.454. The Hall–Kier alpha value is -1.94. The second-order valence-corrected chi connectivity index (χ2v) is 5.66. The first-order valence-electron chi connectivity index (χ1n) is 7.62. The summed E-state index contributed by atoms with van der Waals surface area (Å²) in [7, 11) is 0. The van der Waals surface area contributed by atoms with Crippen LogP contribution < -0.4 is 10.6 Å². The number of hydrogen-bond acceptors (Lipinski definition) is 4. The molecule has 1 fully saturated rings. The molecule has 1 saturated heterocycles. The summed E-state index contributed by atoms with van der Waals surface area (Å²) in [5.74, 6) is 1.76. The molecule has 0 spiro atoms. The number of aryl methyl sites for hydroxylation is 1. The van der Waals surface area contributed by atoms with Crippen LogP contribution in [0.15, 0.2) is 30.3 Å². The maximum Gasteiger partial charge on any atom is 0.161 e. The summed E-state index contributed by atoms with van der Waals surface area (Å²) in [5.41, 5.74) is 3.24. The van der Waals surface area contributed by atoms with Crippen LogP contribution in [0.2, 0.25) is 0 Å². The quantitative estimate of drug-likeness (QED) is 0.909. The summed E-state index contributed by atoms with van der Waals surface area (Å²) >= 11 is 0. The van der Waals surface area contributed by atoms with Gasteiger partial charge in [-0.25, -0.2) is 9.97 Å². The lowest BCUT2D eigenvalue weighted by atomic mass is 10.1. The van der Waals surface area contributed by atoms with Crippen molar-refractivity contribution in [1.82, 2.24) is 15.3 Å². The van der Waals surface area contributed by atoms with Gasteiger partial charge in [-0.05, 0) is 33.2 Å². The summed E-state index contributed by atoms with van der Waals surface area (Å²) < 4.78 is 0. The van der Waals surface area contributed by atoms with Crippen molar-refractivity contribution in [2.45, 2.75) is 32.7 Å². The molecule has 1 aliphatic rings. The summed E-state index contributed by atoms with van der Waals surface area (Å²) in [6, 6.07) is 10.6. The highest BCUT2D eigenvalue weighted by molar-refractivity contribution is 5.59. The molecule has 1 unspecified atom stereocenters. The van der Waals surface area contributed by atoms with Gasteiger partial charge in [-0.3, -0.25) is 0 Å². The van der Waals surface area contributed by atoms with E-state index < -0.39 is 0 Å². The molecule has 2 N–H and O–H groups in total. The van der Waals surface area contributed by atoms with Gasteiger partial charge in [0.05, 0.1) is 0 Å². The van der Waals surface area contributed by atoms with E-state index in [0.29, 0.717) is 6.04 Å². The maximum absolute atomic E-state index is 4.75. The number of piperidine rings is 1. The third-order valence-electron chi connectivity index (χ3n) is 4.06.